The molecule has 1 aromatic rings. The van der Waals surface area contributed by atoms with Crippen LogP contribution in [-0.2, 0) is 9.47 Å². The number of ether oxygens (including phenoxy) is 2. The molecule has 1 rings (SSSR count). The van der Waals surface area contributed by atoms with Crippen LogP contribution in [0, 0.1) is 28.5 Å². The first-order valence-corrected chi connectivity index (χ1v) is 5.28. The van der Waals surface area contributed by atoms with Gasteiger partial charge < -0.3 is 14.8 Å². The lowest BCUT2D eigenvalue weighted by Crippen LogP contribution is -2.05. The SMILES string of the molecule is COC(OC)c1ccc(F)c(NC=C(C#N)C#N)c1. The van der Waals surface area contributed by atoms with E-state index in [4.69, 9.17) is 20.0 Å². The number of rotatable bonds is 5. The van der Waals surface area contributed by atoms with Crippen LogP contribution in [0.25, 0.3) is 0 Å². The van der Waals surface area contributed by atoms with Crippen LogP contribution in [-0.4, -0.2) is 14.2 Å². The van der Waals surface area contributed by atoms with Crippen LogP contribution < -0.4 is 5.32 Å². The molecule has 19 heavy (non-hydrogen) atoms. The third-order valence-electron chi connectivity index (χ3n) is 2.30. The Balaban J connectivity index is 3.02. The van der Waals surface area contributed by atoms with E-state index in [1.807, 2.05) is 0 Å². The summed E-state index contributed by atoms with van der Waals surface area (Å²) in [5.74, 6) is -0.513. The van der Waals surface area contributed by atoms with Gasteiger partial charge in [0.25, 0.3) is 0 Å². The standard InChI is InChI=1S/C13H12FN3O2/c1-18-13(19-2)10-3-4-11(14)12(5-10)17-8-9(6-15)7-16/h3-5,8,13,17H,1-2H3. The van der Waals surface area contributed by atoms with Gasteiger partial charge in [0, 0.05) is 26.0 Å². The number of anilines is 1. The van der Waals surface area contributed by atoms with Crippen LogP contribution in [0.5, 0.6) is 0 Å². The van der Waals surface area contributed by atoms with Gasteiger partial charge in [0.1, 0.15) is 23.5 Å². The predicted octanol–water partition coefficient (Wildman–Crippen LogP) is 2.46. The number of hydrogen-bond donors (Lipinski definition) is 1. The summed E-state index contributed by atoms with van der Waals surface area (Å²) in [6.07, 6.45) is 0.521. The average molecular weight is 261 g/mol. The highest BCUT2D eigenvalue weighted by molar-refractivity contribution is 5.52. The number of nitriles is 2. The molecule has 0 radical (unpaired) electrons. The molecule has 1 N–H and O–H groups in total. The highest BCUT2D eigenvalue weighted by Gasteiger charge is 2.11. The van der Waals surface area contributed by atoms with Gasteiger partial charge in [0.2, 0.25) is 0 Å². The number of halogens is 1. The molecule has 0 unspecified atom stereocenters. The van der Waals surface area contributed by atoms with E-state index in [0.717, 1.165) is 6.20 Å². The first-order chi connectivity index (χ1) is 9.15. The lowest BCUT2D eigenvalue weighted by atomic mass is 10.2. The Morgan fingerprint density at radius 3 is 2.47 bits per heavy atom. The first kappa shape index (κ1) is 14.7. The Labute approximate surface area is 110 Å². The van der Waals surface area contributed by atoms with Crippen LogP contribution in [0.15, 0.2) is 30.0 Å². The Morgan fingerprint density at radius 1 is 1.32 bits per heavy atom. The fraction of sp³-hybridized carbons (Fsp3) is 0.231. The van der Waals surface area contributed by atoms with Crippen LogP contribution in [0.4, 0.5) is 10.1 Å². The van der Waals surface area contributed by atoms with Crippen molar-refractivity contribution in [2.75, 3.05) is 19.5 Å². The van der Waals surface area contributed by atoms with E-state index in [-0.39, 0.29) is 11.3 Å². The summed E-state index contributed by atoms with van der Waals surface area (Å²) >= 11 is 0. The van der Waals surface area contributed by atoms with Crippen molar-refractivity contribution in [1.29, 1.82) is 10.5 Å². The lowest BCUT2D eigenvalue weighted by molar-refractivity contribution is -0.106. The summed E-state index contributed by atoms with van der Waals surface area (Å²) < 4.78 is 23.7. The number of benzene rings is 1. The summed E-state index contributed by atoms with van der Waals surface area (Å²) in [6, 6.07) is 7.59. The molecular weight excluding hydrogens is 249 g/mol. The summed E-state index contributed by atoms with van der Waals surface area (Å²) in [5.41, 5.74) is 0.581. The van der Waals surface area contributed by atoms with Gasteiger partial charge in [0.15, 0.2) is 6.29 Å². The molecule has 0 saturated carbocycles. The Hall–Kier alpha value is -2.41. The molecule has 0 aliphatic carbocycles. The molecule has 1 aromatic carbocycles. The predicted molar refractivity (Wildman–Crippen MR) is 66.1 cm³/mol. The molecule has 0 saturated heterocycles. The molecule has 5 nitrogen and oxygen atoms in total. The van der Waals surface area contributed by atoms with E-state index in [0.29, 0.717) is 5.56 Å². The van der Waals surface area contributed by atoms with E-state index < -0.39 is 12.1 Å². The zero-order valence-corrected chi connectivity index (χ0v) is 10.5. The Morgan fingerprint density at radius 2 is 1.95 bits per heavy atom. The molecule has 0 spiro atoms. The van der Waals surface area contributed by atoms with Crippen LogP contribution in [0.2, 0.25) is 0 Å². The first-order valence-electron chi connectivity index (χ1n) is 5.28. The van der Waals surface area contributed by atoms with Gasteiger partial charge in [0.05, 0.1) is 5.69 Å². The number of methoxy groups -OCH3 is 2. The molecule has 0 atom stereocenters. The molecule has 0 aliphatic rings. The molecule has 0 fully saturated rings. The lowest BCUT2D eigenvalue weighted by Gasteiger charge is -2.15. The van der Waals surface area contributed by atoms with Crippen molar-refractivity contribution in [2.24, 2.45) is 0 Å². The maximum atomic E-state index is 13.6. The van der Waals surface area contributed by atoms with Gasteiger partial charge in [-0.05, 0) is 12.1 Å². The largest absolute Gasteiger partial charge is 0.357 e. The van der Waals surface area contributed by atoms with E-state index in [1.54, 1.807) is 12.1 Å². The maximum Gasteiger partial charge on any atom is 0.183 e. The highest BCUT2D eigenvalue weighted by Crippen LogP contribution is 2.23. The van der Waals surface area contributed by atoms with Crippen molar-refractivity contribution in [3.63, 3.8) is 0 Å². The third kappa shape index (κ3) is 3.78. The quantitative estimate of drug-likeness (QED) is 0.650. The minimum Gasteiger partial charge on any atom is -0.357 e. The highest BCUT2D eigenvalue weighted by atomic mass is 19.1. The minimum atomic E-state index is -0.614. The Kier molecular flexibility index (Phi) is 5.49. The van der Waals surface area contributed by atoms with E-state index in [9.17, 15) is 4.39 Å². The summed E-state index contributed by atoms with van der Waals surface area (Å²) in [4.78, 5) is 0. The average Bonchev–Trinajstić information content (AvgIpc) is 2.44. The monoisotopic (exact) mass is 261 g/mol. The maximum absolute atomic E-state index is 13.6. The van der Waals surface area contributed by atoms with E-state index in [2.05, 4.69) is 5.32 Å². The third-order valence-corrected chi connectivity index (χ3v) is 2.30. The zero-order chi connectivity index (χ0) is 14.3. The summed E-state index contributed by atoms with van der Waals surface area (Å²) in [6.45, 7) is 0. The van der Waals surface area contributed by atoms with Crippen molar-refractivity contribution >= 4 is 5.69 Å². The number of nitrogens with one attached hydrogen (secondary N) is 1. The molecular formula is C13H12FN3O2. The Bertz CT molecular complexity index is 538. The molecule has 0 bridgehead atoms. The van der Waals surface area contributed by atoms with Gasteiger partial charge in [-0.3, -0.25) is 0 Å². The normalized spacial score (nSPS) is 9.58. The van der Waals surface area contributed by atoms with Crippen molar-refractivity contribution in [3.05, 3.63) is 41.4 Å². The second-order valence-corrected chi connectivity index (χ2v) is 3.47. The van der Waals surface area contributed by atoms with Crippen molar-refractivity contribution in [3.8, 4) is 12.1 Å². The van der Waals surface area contributed by atoms with Crippen molar-refractivity contribution in [1.82, 2.24) is 0 Å². The second-order valence-electron chi connectivity index (χ2n) is 3.47. The zero-order valence-electron chi connectivity index (χ0n) is 10.5. The van der Waals surface area contributed by atoms with Crippen molar-refractivity contribution < 1.29 is 13.9 Å². The van der Waals surface area contributed by atoms with Gasteiger partial charge in [-0.15, -0.1) is 0 Å². The van der Waals surface area contributed by atoms with Crippen LogP contribution >= 0.6 is 0 Å². The fourth-order valence-electron chi connectivity index (χ4n) is 1.41. The topological polar surface area (TPSA) is 78.1 Å². The number of allylic oxidation sites excluding steroid dienone is 1. The van der Waals surface area contributed by atoms with Crippen molar-refractivity contribution in [2.45, 2.75) is 6.29 Å². The number of hydrogen-bond acceptors (Lipinski definition) is 5. The number of nitrogens with zero attached hydrogens (tertiary/aromatic N) is 2. The van der Waals surface area contributed by atoms with Gasteiger partial charge in [-0.2, -0.15) is 10.5 Å². The van der Waals surface area contributed by atoms with Gasteiger partial charge in [-0.25, -0.2) is 4.39 Å². The van der Waals surface area contributed by atoms with E-state index >= 15 is 0 Å². The molecule has 0 aliphatic heterocycles. The molecule has 0 amide bonds. The van der Waals surface area contributed by atoms with Gasteiger partial charge in [-0.1, -0.05) is 6.07 Å². The molecule has 98 valence electrons. The molecule has 0 heterocycles. The molecule has 0 aromatic heterocycles. The summed E-state index contributed by atoms with van der Waals surface area (Å²) in [5, 5.41) is 19.7. The van der Waals surface area contributed by atoms with Crippen LogP contribution in [0.3, 0.4) is 0 Å². The second kappa shape index (κ2) is 7.12. The van der Waals surface area contributed by atoms with E-state index in [1.165, 1.54) is 32.4 Å². The van der Waals surface area contributed by atoms with Gasteiger partial charge >= 0.3 is 0 Å². The minimum absolute atomic E-state index is 0.125. The molecule has 6 heteroatoms. The van der Waals surface area contributed by atoms with Crippen LogP contribution in [0.1, 0.15) is 11.9 Å². The smallest absolute Gasteiger partial charge is 0.183 e. The summed E-state index contributed by atoms with van der Waals surface area (Å²) in [7, 11) is 2.93. The fourth-order valence-corrected chi connectivity index (χ4v) is 1.41.